The molecule has 0 heterocycles. The molecule has 0 aliphatic carbocycles. The van der Waals surface area contributed by atoms with E-state index in [1.54, 1.807) is 0 Å². The van der Waals surface area contributed by atoms with Gasteiger partial charge in [-0.3, -0.25) is 0 Å². The van der Waals surface area contributed by atoms with Crippen LogP contribution in [0.3, 0.4) is 0 Å². The third kappa shape index (κ3) is 2.61. The highest BCUT2D eigenvalue weighted by atomic mass is 14.4. The summed E-state index contributed by atoms with van der Waals surface area (Å²) in [6.07, 6.45) is 2.23. The summed E-state index contributed by atoms with van der Waals surface area (Å²) in [6.45, 7) is 4.35. The maximum absolute atomic E-state index is 2.23. The van der Waals surface area contributed by atoms with Crippen molar-refractivity contribution >= 4 is 0 Å². The molecule has 3 aromatic rings. The Kier molecular flexibility index (Phi) is 4.43. The quantitative estimate of drug-likeness (QED) is 0.410. The molecule has 0 nitrogen and oxygen atoms in total. The molecule has 3 aromatic carbocycles. The van der Waals surface area contributed by atoms with Crippen molar-refractivity contribution in [3.63, 3.8) is 0 Å². The van der Waals surface area contributed by atoms with Crippen LogP contribution in [0.1, 0.15) is 30.5 Å². The standard InChI is InChI=1S/C23H22/c1-3-19(2)23(20-13-7-4-8-14-20,21-15-9-5-10-16-21)22-17-11-6-12-18-22/h3-18H,1-2H3/b19-3+. The molecular weight excluding hydrogens is 276 g/mol. The second-order valence-corrected chi connectivity index (χ2v) is 5.82. The summed E-state index contributed by atoms with van der Waals surface area (Å²) >= 11 is 0. The molecule has 0 bridgehead atoms. The van der Waals surface area contributed by atoms with E-state index in [1.165, 1.54) is 22.3 Å². The average molecular weight is 298 g/mol. The Morgan fingerprint density at radius 3 is 1.17 bits per heavy atom. The fourth-order valence-corrected chi connectivity index (χ4v) is 3.46. The Morgan fingerprint density at radius 1 is 0.609 bits per heavy atom. The van der Waals surface area contributed by atoms with Crippen LogP contribution in [0, 0.1) is 0 Å². The third-order valence-electron chi connectivity index (χ3n) is 4.64. The van der Waals surface area contributed by atoms with Gasteiger partial charge in [-0.2, -0.15) is 0 Å². The van der Waals surface area contributed by atoms with E-state index >= 15 is 0 Å². The SMILES string of the molecule is C/C=C(\C)C(c1ccccc1)(c1ccccc1)c1ccccc1. The minimum atomic E-state index is -0.251. The number of rotatable bonds is 4. The van der Waals surface area contributed by atoms with Crippen molar-refractivity contribution in [2.24, 2.45) is 0 Å². The van der Waals surface area contributed by atoms with Crippen LogP contribution >= 0.6 is 0 Å². The summed E-state index contributed by atoms with van der Waals surface area (Å²) in [5.74, 6) is 0. The van der Waals surface area contributed by atoms with Crippen molar-refractivity contribution in [2.75, 3.05) is 0 Å². The van der Waals surface area contributed by atoms with Gasteiger partial charge in [0.05, 0.1) is 5.41 Å². The lowest BCUT2D eigenvalue weighted by atomic mass is 9.65. The van der Waals surface area contributed by atoms with E-state index in [0.29, 0.717) is 0 Å². The molecule has 0 heteroatoms. The van der Waals surface area contributed by atoms with Gasteiger partial charge in [-0.15, -0.1) is 0 Å². The van der Waals surface area contributed by atoms with Gasteiger partial charge in [0.1, 0.15) is 0 Å². The van der Waals surface area contributed by atoms with Gasteiger partial charge in [-0.1, -0.05) is 103 Å². The van der Waals surface area contributed by atoms with E-state index < -0.39 is 0 Å². The Balaban J connectivity index is 2.41. The predicted molar refractivity (Wildman–Crippen MR) is 98.6 cm³/mol. The molecule has 0 amide bonds. The number of hydrogen-bond donors (Lipinski definition) is 0. The first-order valence-electron chi connectivity index (χ1n) is 8.10. The van der Waals surface area contributed by atoms with Crippen LogP contribution in [0.5, 0.6) is 0 Å². The van der Waals surface area contributed by atoms with Gasteiger partial charge in [-0.25, -0.2) is 0 Å². The molecule has 3 rings (SSSR count). The molecule has 0 aliphatic rings. The predicted octanol–water partition coefficient (Wildman–Crippen LogP) is 5.99. The number of allylic oxidation sites excluding steroid dienone is 2. The Morgan fingerprint density at radius 2 is 0.913 bits per heavy atom. The average Bonchev–Trinajstić information content (AvgIpc) is 2.65. The fraction of sp³-hybridized carbons (Fsp3) is 0.130. The molecule has 0 unspecified atom stereocenters. The monoisotopic (exact) mass is 298 g/mol. The molecule has 0 radical (unpaired) electrons. The molecule has 114 valence electrons. The topological polar surface area (TPSA) is 0 Å². The van der Waals surface area contributed by atoms with Crippen LogP contribution in [0.4, 0.5) is 0 Å². The summed E-state index contributed by atoms with van der Waals surface area (Å²) in [5, 5.41) is 0. The third-order valence-corrected chi connectivity index (χ3v) is 4.64. The maximum Gasteiger partial charge on any atom is 0.0658 e. The van der Waals surface area contributed by atoms with E-state index in [-0.39, 0.29) is 5.41 Å². The van der Waals surface area contributed by atoms with Crippen LogP contribution in [0.25, 0.3) is 0 Å². The molecular formula is C23H22. The fourth-order valence-electron chi connectivity index (χ4n) is 3.46. The second kappa shape index (κ2) is 6.66. The van der Waals surface area contributed by atoms with Gasteiger partial charge < -0.3 is 0 Å². The maximum atomic E-state index is 2.23. The molecule has 0 saturated carbocycles. The zero-order valence-corrected chi connectivity index (χ0v) is 13.7. The van der Waals surface area contributed by atoms with Crippen molar-refractivity contribution in [1.29, 1.82) is 0 Å². The van der Waals surface area contributed by atoms with E-state index in [4.69, 9.17) is 0 Å². The minimum absolute atomic E-state index is 0.251. The second-order valence-electron chi connectivity index (χ2n) is 5.82. The first-order chi connectivity index (χ1) is 11.3. The summed E-state index contributed by atoms with van der Waals surface area (Å²) in [4.78, 5) is 0. The molecule has 0 fully saturated rings. The molecule has 0 aromatic heterocycles. The first-order valence-corrected chi connectivity index (χ1v) is 8.10. The molecule has 0 N–H and O–H groups in total. The van der Waals surface area contributed by atoms with Gasteiger partial charge >= 0.3 is 0 Å². The lowest BCUT2D eigenvalue weighted by molar-refractivity contribution is 0.723. The highest BCUT2D eigenvalue weighted by molar-refractivity contribution is 5.57. The van der Waals surface area contributed by atoms with Crippen molar-refractivity contribution < 1.29 is 0 Å². The zero-order chi connectivity index (χ0) is 16.1. The van der Waals surface area contributed by atoms with Gasteiger partial charge in [-0.05, 0) is 30.5 Å². The van der Waals surface area contributed by atoms with E-state index in [0.717, 1.165) is 0 Å². The number of hydrogen-bond acceptors (Lipinski definition) is 0. The normalized spacial score (nSPS) is 12.2. The summed E-state index contributed by atoms with van der Waals surface area (Å²) < 4.78 is 0. The van der Waals surface area contributed by atoms with Gasteiger partial charge in [0, 0.05) is 0 Å². The molecule has 0 spiro atoms. The smallest absolute Gasteiger partial charge is 0.0658 e. The molecule has 0 atom stereocenters. The highest BCUT2D eigenvalue weighted by Gasteiger charge is 2.37. The Labute approximate surface area is 139 Å². The highest BCUT2D eigenvalue weighted by Crippen LogP contribution is 2.44. The Hall–Kier alpha value is -2.60. The Bertz CT molecular complexity index is 671. The van der Waals surface area contributed by atoms with E-state index in [9.17, 15) is 0 Å². The minimum Gasteiger partial charge on any atom is -0.0872 e. The molecule has 0 saturated heterocycles. The van der Waals surface area contributed by atoms with Crippen LogP contribution in [0.15, 0.2) is 103 Å². The van der Waals surface area contributed by atoms with Gasteiger partial charge in [0.25, 0.3) is 0 Å². The van der Waals surface area contributed by atoms with Crippen LogP contribution in [0.2, 0.25) is 0 Å². The van der Waals surface area contributed by atoms with E-state index in [2.05, 4.69) is 111 Å². The molecule has 0 aliphatic heterocycles. The first kappa shape index (κ1) is 15.3. The van der Waals surface area contributed by atoms with Crippen LogP contribution in [-0.2, 0) is 5.41 Å². The lowest BCUT2D eigenvalue weighted by Gasteiger charge is -2.37. The largest absolute Gasteiger partial charge is 0.0872 e. The van der Waals surface area contributed by atoms with Crippen molar-refractivity contribution in [1.82, 2.24) is 0 Å². The van der Waals surface area contributed by atoms with Crippen LogP contribution in [-0.4, -0.2) is 0 Å². The summed E-state index contributed by atoms with van der Waals surface area (Å²) in [7, 11) is 0. The van der Waals surface area contributed by atoms with Gasteiger partial charge in [0.2, 0.25) is 0 Å². The molecule has 23 heavy (non-hydrogen) atoms. The number of benzene rings is 3. The van der Waals surface area contributed by atoms with Crippen molar-refractivity contribution in [3.05, 3.63) is 119 Å². The zero-order valence-electron chi connectivity index (χ0n) is 13.7. The summed E-state index contributed by atoms with van der Waals surface area (Å²) in [6, 6.07) is 32.4. The van der Waals surface area contributed by atoms with Crippen molar-refractivity contribution in [2.45, 2.75) is 19.3 Å². The van der Waals surface area contributed by atoms with Gasteiger partial charge in [0.15, 0.2) is 0 Å². The summed E-state index contributed by atoms with van der Waals surface area (Å²) in [5.41, 5.74) is 4.98. The lowest BCUT2D eigenvalue weighted by Crippen LogP contribution is -2.30. The van der Waals surface area contributed by atoms with Crippen molar-refractivity contribution in [3.8, 4) is 0 Å². The van der Waals surface area contributed by atoms with E-state index in [1.807, 2.05) is 0 Å². The van der Waals surface area contributed by atoms with Crippen LogP contribution < -0.4 is 0 Å².